The lowest BCUT2D eigenvalue weighted by Gasteiger charge is -2.76. The fourth-order valence-corrected chi connectivity index (χ4v) is 10.7. The number of carboxylic acids is 1. The van der Waals surface area contributed by atoms with Crippen LogP contribution in [0.1, 0.15) is 58.8 Å². The molecule has 0 radical (unpaired) electrons. The Morgan fingerprint density at radius 1 is 1.15 bits per heavy atom. The first-order valence-corrected chi connectivity index (χ1v) is 11.1. The first-order chi connectivity index (χ1) is 12.5. The first kappa shape index (κ1) is 15.3. The number of nitrogens with zero attached hydrogens (tertiary/aromatic N) is 1. The highest BCUT2D eigenvalue weighted by Gasteiger charge is 2.88. The Labute approximate surface area is 155 Å². The molecule has 9 fully saturated rings. The molecule has 9 aliphatic rings. The molecule has 0 aromatic carbocycles. The van der Waals surface area contributed by atoms with Gasteiger partial charge in [0.05, 0.1) is 11.5 Å². The van der Waals surface area contributed by atoms with Crippen LogP contribution in [0.15, 0.2) is 0 Å². The van der Waals surface area contributed by atoms with Crippen molar-refractivity contribution in [1.82, 2.24) is 4.90 Å². The van der Waals surface area contributed by atoms with Crippen LogP contribution in [0.4, 0.5) is 0 Å². The lowest BCUT2D eigenvalue weighted by molar-refractivity contribution is -0.392. The molecule has 4 nitrogen and oxygen atoms in total. The van der Waals surface area contributed by atoms with Gasteiger partial charge in [-0.05, 0) is 68.1 Å². The van der Waals surface area contributed by atoms with Gasteiger partial charge in [0, 0.05) is 29.8 Å². The normalized spacial score (nSPS) is 66.8. The number of piperidine rings is 1. The summed E-state index contributed by atoms with van der Waals surface area (Å²) in [5.74, 6) is 2.29. The second-order valence-corrected chi connectivity index (χ2v) is 11.2. The quantitative estimate of drug-likeness (QED) is 0.782. The zero-order chi connectivity index (χ0) is 17.6. The van der Waals surface area contributed by atoms with Gasteiger partial charge in [-0.1, -0.05) is 13.8 Å². The summed E-state index contributed by atoms with van der Waals surface area (Å²) in [6.07, 6.45) is 8.72. The van der Waals surface area contributed by atoms with Gasteiger partial charge in [0.15, 0.2) is 0 Å². The Kier molecular flexibility index (Phi) is 2.47. The van der Waals surface area contributed by atoms with Crippen LogP contribution in [-0.4, -0.2) is 40.4 Å². The summed E-state index contributed by atoms with van der Waals surface area (Å²) in [5, 5.41) is 10.2. The third kappa shape index (κ3) is 1.19. The van der Waals surface area contributed by atoms with Crippen molar-refractivity contribution in [2.45, 2.75) is 76.7 Å². The maximum atomic E-state index is 12.4. The van der Waals surface area contributed by atoms with E-state index in [4.69, 9.17) is 4.74 Å². The second-order valence-electron chi connectivity index (χ2n) is 11.2. The SMILES string of the molecule is C[C@@H]1CN2[C@@H]3O[C@]45[C@H]6CC[C@H]3[C@]3(C)CC[C@@H]1[C@H]2C43C[C@@H](C(=O)O)[C@@H]5CC6. The van der Waals surface area contributed by atoms with Gasteiger partial charge >= 0.3 is 5.97 Å². The number of aliphatic carboxylic acids is 1. The predicted octanol–water partition coefficient (Wildman–Crippen LogP) is 3.36. The zero-order valence-corrected chi connectivity index (χ0v) is 16.0. The molecule has 11 atom stereocenters. The summed E-state index contributed by atoms with van der Waals surface area (Å²) in [7, 11) is 0. The van der Waals surface area contributed by atoms with Crippen LogP contribution < -0.4 is 0 Å². The highest BCUT2D eigenvalue weighted by Crippen LogP contribution is 2.84. The van der Waals surface area contributed by atoms with Gasteiger partial charge in [0.2, 0.25) is 0 Å². The van der Waals surface area contributed by atoms with Crippen LogP contribution in [-0.2, 0) is 9.53 Å². The van der Waals surface area contributed by atoms with E-state index < -0.39 is 5.97 Å². The summed E-state index contributed by atoms with van der Waals surface area (Å²) >= 11 is 0. The molecule has 1 unspecified atom stereocenters. The molecule has 4 aliphatic carbocycles. The highest BCUT2D eigenvalue weighted by atomic mass is 16.5. The van der Waals surface area contributed by atoms with Crippen LogP contribution in [0.3, 0.4) is 0 Å². The molecule has 5 saturated heterocycles. The third-order valence-electron chi connectivity index (χ3n) is 11.2. The van der Waals surface area contributed by atoms with Crippen molar-refractivity contribution in [3.63, 3.8) is 0 Å². The van der Waals surface area contributed by atoms with E-state index in [1.54, 1.807) is 0 Å². The largest absolute Gasteiger partial charge is 0.481 e. The predicted molar refractivity (Wildman–Crippen MR) is 95.2 cm³/mol. The van der Waals surface area contributed by atoms with Gasteiger partial charge in [-0.25, -0.2) is 0 Å². The molecule has 26 heavy (non-hydrogen) atoms. The van der Waals surface area contributed by atoms with E-state index in [-0.39, 0.29) is 29.1 Å². The standard InChI is InChI=1S/C22H31NO3/c1-11-10-23-17-13(11)7-8-20(2)16-6-4-12-3-5-15-14(19(24)25)9-21(17,20)22(12,15)26-18(16)23/h11-18H,3-10H2,1-2H3,(H,24,25)/t11-,12-,13+,14-,15+,16-,17+,18-,20+,21?,22+/m1/s1. The van der Waals surface area contributed by atoms with Crippen molar-refractivity contribution < 1.29 is 14.6 Å². The number of fused-ring (bicyclic) bond motifs is 1. The number of carboxylic acid groups (broad SMARTS) is 1. The molecule has 1 N–H and O–H groups in total. The summed E-state index contributed by atoms with van der Waals surface area (Å²) < 4.78 is 7.22. The first-order valence-electron chi connectivity index (χ1n) is 11.1. The number of ether oxygens (including phenoxy) is 1. The Morgan fingerprint density at radius 2 is 1.92 bits per heavy atom. The molecule has 5 aliphatic heterocycles. The molecular formula is C22H31NO3. The fourth-order valence-electron chi connectivity index (χ4n) is 10.7. The number of rotatable bonds is 1. The molecular weight excluding hydrogens is 326 g/mol. The number of hydrogen-bond donors (Lipinski definition) is 1. The Hall–Kier alpha value is -0.610. The zero-order valence-electron chi connectivity index (χ0n) is 16.0. The minimum Gasteiger partial charge on any atom is -0.481 e. The Bertz CT molecular complexity index is 724. The summed E-state index contributed by atoms with van der Waals surface area (Å²) in [6, 6.07) is 0.594. The average Bonchev–Trinajstić information content (AvgIpc) is 3.16. The van der Waals surface area contributed by atoms with E-state index in [0.29, 0.717) is 23.3 Å². The molecule has 0 aromatic rings. The van der Waals surface area contributed by atoms with Crippen molar-refractivity contribution >= 4 is 5.97 Å². The van der Waals surface area contributed by atoms with Crippen molar-refractivity contribution in [1.29, 1.82) is 0 Å². The van der Waals surface area contributed by atoms with Gasteiger partial charge in [0.1, 0.15) is 6.23 Å². The molecule has 142 valence electrons. The van der Waals surface area contributed by atoms with Crippen LogP contribution >= 0.6 is 0 Å². The molecule has 0 amide bonds. The molecule has 5 heterocycles. The smallest absolute Gasteiger partial charge is 0.306 e. The lowest BCUT2D eigenvalue weighted by atomic mass is 9.40. The lowest BCUT2D eigenvalue weighted by Crippen LogP contribution is -2.81. The van der Waals surface area contributed by atoms with Crippen molar-refractivity contribution in [2.24, 2.45) is 46.3 Å². The molecule has 2 spiro atoms. The third-order valence-corrected chi connectivity index (χ3v) is 11.2. The van der Waals surface area contributed by atoms with Gasteiger partial charge in [0.25, 0.3) is 0 Å². The number of carbonyl (C=O) groups is 1. The van der Waals surface area contributed by atoms with Crippen molar-refractivity contribution in [3.05, 3.63) is 0 Å². The van der Waals surface area contributed by atoms with Gasteiger partial charge in [-0.3, -0.25) is 9.69 Å². The van der Waals surface area contributed by atoms with E-state index in [9.17, 15) is 9.90 Å². The average molecular weight is 357 g/mol. The Balaban J connectivity index is 1.56. The van der Waals surface area contributed by atoms with Gasteiger partial charge < -0.3 is 9.84 Å². The summed E-state index contributed by atoms with van der Waals surface area (Å²) in [6.45, 7) is 6.20. The molecule has 6 bridgehead atoms. The Morgan fingerprint density at radius 3 is 2.69 bits per heavy atom. The van der Waals surface area contributed by atoms with Crippen LogP contribution in [0, 0.1) is 46.3 Å². The molecule has 0 aromatic heterocycles. The molecule has 9 rings (SSSR count). The molecule has 4 heteroatoms. The van der Waals surface area contributed by atoms with Crippen molar-refractivity contribution in [3.8, 4) is 0 Å². The summed E-state index contributed by atoms with van der Waals surface area (Å²) in [4.78, 5) is 15.1. The highest BCUT2D eigenvalue weighted by molar-refractivity contribution is 5.72. The van der Waals surface area contributed by atoms with E-state index in [1.165, 1.54) is 38.6 Å². The van der Waals surface area contributed by atoms with E-state index >= 15 is 0 Å². The van der Waals surface area contributed by atoms with Crippen LogP contribution in [0.25, 0.3) is 0 Å². The van der Waals surface area contributed by atoms with Crippen LogP contribution in [0.5, 0.6) is 0 Å². The topological polar surface area (TPSA) is 49.8 Å². The second kappa shape index (κ2) is 4.20. The minimum atomic E-state index is -0.542. The van der Waals surface area contributed by atoms with E-state index in [0.717, 1.165) is 24.7 Å². The fraction of sp³-hybridized carbons (Fsp3) is 0.955. The summed E-state index contributed by atoms with van der Waals surface area (Å²) in [5.41, 5.74) is 0.268. The van der Waals surface area contributed by atoms with Crippen LogP contribution in [0.2, 0.25) is 0 Å². The maximum absolute atomic E-state index is 12.4. The van der Waals surface area contributed by atoms with Gasteiger partial charge in [-0.15, -0.1) is 0 Å². The minimum absolute atomic E-state index is 0.0957. The van der Waals surface area contributed by atoms with Crippen molar-refractivity contribution in [2.75, 3.05) is 6.54 Å². The monoisotopic (exact) mass is 357 g/mol. The number of hydrogen-bond acceptors (Lipinski definition) is 3. The van der Waals surface area contributed by atoms with E-state index in [1.807, 2.05) is 0 Å². The molecule has 4 saturated carbocycles. The maximum Gasteiger partial charge on any atom is 0.306 e. The van der Waals surface area contributed by atoms with E-state index in [2.05, 4.69) is 18.7 Å². The van der Waals surface area contributed by atoms with Gasteiger partial charge in [-0.2, -0.15) is 0 Å².